The molecule has 8 N–H and O–H groups in total. The van der Waals surface area contributed by atoms with Crippen LogP contribution in [0.4, 0.5) is 17.5 Å². The van der Waals surface area contributed by atoms with E-state index in [0.29, 0.717) is 66.2 Å². The quantitative estimate of drug-likeness (QED) is 0.0220. The van der Waals surface area contributed by atoms with Crippen molar-refractivity contribution < 1.29 is 0 Å². The van der Waals surface area contributed by atoms with E-state index in [0.717, 1.165) is 171 Å². The Balaban J connectivity index is 0.000000212. The molecule has 19 nitrogen and oxygen atoms in total. The minimum absolute atomic E-state index is 0.411. The number of rotatable bonds is 24. The highest BCUT2D eigenvalue weighted by molar-refractivity contribution is 9.93. The number of anilines is 3. The Bertz CT molecular complexity index is 4770. The highest BCUT2D eigenvalue weighted by atomic mass is 80.9. The first kappa shape index (κ1) is 94.4. The van der Waals surface area contributed by atoms with Crippen LogP contribution in [-0.2, 0) is 6.54 Å². The third-order valence-corrected chi connectivity index (χ3v) is 22.4. The normalized spacial score (nSPS) is 11.5. The van der Waals surface area contributed by atoms with E-state index in [1.54, 1.807) is 24.5 Å². The van der Waals surface area contributed by atoms with Crippen LogP contribution in [0.1, 0.15) is 187 Å². The van der Waals surface area contributed by atoms with Gasteiger partial charge in [0.1, 0.15) is 78.8 Å². The van der Waals surface area contributed by atoms with E-state index >= 15 is 0 Å². The van der Waals surface area contributed by atoms with Crippen LogP contribution in [0.2, 0.25) is 30.4 Å². The number of benzene rings is 2. The molecule has 0 saturated carbocycles. The second-order valence-electron chi connectivity index (χ2n) is 26.5. The monoisotopic (exact) mass is 2000 g/mol. The van der Waals surface area contributed by atoms with Gasteiger partial charge >= 0.3 is 0 Å². The number of hydrogen-bond donors (Lipinski definition) is 7. The molecule has 0 saturated heterocycles. The Morgan fingerprint density at radius 3 is 1.35 bits per heavy atom. The second kappa shape index (κ2) is 48.8. The standard InChI is InChI=1S/C22H26Cl2N4.C20H24Cl2N4.C14H21BrN4.C7H5BrClN3.C7H6ClN3.C7H17N.C2H4Br2.Br2/c1-4-6-16(7-5-2)28-11-10-27-13-18(17-9-8-15(23)12-19(17)24)20-21(27)22(28)26-14(3)25-20;1-4-6-14(7-5-2)26-20-19-18(24-12(3)25-20)16(11-23-19)15-9-8-13(21)10-17(15)22;1-4-6-10(7-5-2)19-14-13-12(11(15)8-16-13)17-9(3)18-14;1-3-11-5-4(8)2-10-6(5)7(9)12-3;1-4-10-5-2-3-9-6(5)7(8)11-4;1-3-5-7(8)6-4-2;3-1-2-4;1-2/h8-9,12-13,16H,4-7,10-11H2,1-3H3;8-11,14,23H,4-7H2,1-3H3,(H,24,25,26);8,10,16H,4-7H2,1-3H3,(H,17,18,19);2,10H,1H3;2-3,9H,1H3;7H,3-6,8H2,1-2H3;1-2H2;. The lowest BCUT2D eigenvalue weighted by molar-refractivity contribution is 0.479. The van der Waals surface area contributed by atoms with Gasteiger partial charge in [-0.15, -0.1) is 0 Å². The fraction of sp³-hybridized carbons (Fsp3) is 0.468. The maximum absolute atomic E-state index is 6.53. The summed E-state index contributed by atoms with van der Waals surface area (Å²) in [6.45, 7) is 29.1. The molecule has 10 aromatic heterocycles. The number of nitrogens with one attached hydrogen (secondary N) is 6. The van der Waals surface area contributed by atoms with Crippen LogP contribution in [0.15, 0.2) is 82.4 Å². The third kappa shape index (κ3) is 27.1. The Kier molecular flexibility index (Phi) is 41.9. The predicted molar refractivity (Wildman–Crippen MR) is 492 cm³/mol. The number of fused-ring (bicyclic) bond motifs is 4. The smallest absolute Gasteiger partial charge is 0.157 e. The molecule has 11 heterocycles. The molecule has 2 aromatic carbocycles. The Labute approximate surface area is 727 Å². The van der Waals surface area contributed by atoms with Crippen molar-refractivity contribution in [2.24, 2.45) is 5.73 Å². The van der Waals surface area contributed by atoms with Gasteiger partial charge in [-0.05, 0) is 148 Å². The molecule has 12 aromatic rings. The van der Waals surface area contributed by atoms with Crippen molar-refractivity contribution in [1.29, 1.82) is 0 Å². The van der Waals surface area contributed by atoms with Crippen LogP contribution >= 0.6 is 162 Å². The fourth-order valence-electron chi connectivity index (χ4n) is 13.0. The van der Waals surface area contributed by atoms with Crippen molar-refractivity contribution in [3.05, 3.63) is 142 Å². The third-order valence-electron chi connectivity index (χ3n) is 17.7. The average Bonchev–Trinajstić information content (AvgIpc) is 1.58. The minimum atomic E-state index is 0.411. The number of hydrogen-bond acceptors (Lipinski definition) is 14. The largest absolute Gasteiger partial charge is 0.365 e. The van der Waals surface area contributed by atoms with Crippen molar-refractivity contribution in [1.82, 2.24) is 74.3 Å². The molecule has 31 heteroatoms. The highest BCUT2D eigenvalue weighted by Crippen LogP contribution is 2.42. The molecular formula is C79H103Br6Cl6N19. The lowest BCUT2D eigenvalue weighted by atomic mass is 10.0. The van der Waals surface area contributed by atoms with Crippen molar-refractivity contribution in [3.8, 4) is 22.3 Å². The first-order chi connectivity index (χ1) is 52.9. The molecule has 0 unspecified atom stereocenters. The molecule has 598 valence electrons. The zero-order valence-electron chi connectivity index (χ0n) is 64.9. The summed E-state index contributed by atoms with van der Waals surface area (Å²) in [5, 5.41) is 12.8. The van der Waals surface area contributed by atoms with Gasteiger partial charge in [0, 0.05) is 139 Å². The Hall–Kier alpha value is -4.48. The van der Waals surface area contributed by atoms with Crippen LogP contribution in [0, 0.1) is 34.6 Å². The van der Waals surface area contributed by atoms with Crippen LogP contribution in [0.25, 0.3) is 77.4 Å². The summed E-state index contributed by atoms with van der Waals surface area (Å²) in [5.74, 6) is 6.53. The number of nitrogens with zero attached hydrogens (tertiary/aromatic N) is 12. The zero-order chi connectivity index (χ0) is 80.7. The summed E-state index contributed by atoms with van der Waals surface area (Å²) in [6.07, 6.45) is 28.4. The molecule has 0 bridgehead atoms. The van der Waals surface area contributed by atoms with Gasteiger partial charge in [0.05, 0.1) is 24.5 Å². The van der Waals surface area contributed by atoms with Gasteiger partial charge in [-0.25, -0.2) is 49.8 Å². The number of H-pyrrole nitrogens is 4. The number of aromatic amines is 4. The molecule has 0 spiro atoms. The Morgan fingerprint density at radius 1 is 0.445 bits per heavy atom. The van der Waals surface area contributed by atoms with E-state index in [9.17, 15) is 0 Å². The molecular weight excluding hydrogens is 1910 g/mol. The van der Waals surface area contributed by atoms with Crippen molar-refractivity contribution in [2.75, 3.05) is 32.7 Å². The van der Waals surface area contributed by atoms with E-state index in [-0.39, 0.29) is 0 Å². The van der Waals surface area contributed by atoms with Crippen molar-refractivity contribution in [2.45, 2.75) is 223 Å². The van der Waals surface area contributed by atoms with Crippen LogP contribution in [-0.4, -0.2) is 116 Å². The van der Waals surface area contributed by atoms with Gasteiger partial charge in [-0.1, -0.05) is 220 Å². The maximum atomic E-state index is 6.53. The SMILES string of the molecule is BrBr.BrCCBr.CCCC(CCC)N1CCn2cc(-c3ccc(Cl)cc3Cl)c3nc(C)nc1c32.CCCC(CCC)Nc1nc(C)nc2c(-c3ccc(Cl)cc3Cl)c[nH]c12.CCCC(CCC)Nc1nc(C)nc2c(Br)c[nH]c12.CCCC(N)CCC.Cc1nc(Cl)c2[nH]cc(Br)c2n1.Cc1nc(Cl)c2[nH]ccc2n1. The van der Waals surface area contributed by atoms with Gasteiger partial charge in [-0.2, -0.15) is 0 Å². The minimum Gasteiger partial charge on any atom is -0.365 e. The molecule has 1 aliphatic heterocycles. The fourth-order valence-corrected chi connectivity index (χ4v) is 15.4. The molecule has 0 atom stereocenters. The summed E-state index contributed by atoms with van der Waals surface area (Å²) < 4.78 is 4.18. The van der Waals surface area contributed by atoms with Gasteiger partial charge in [0.2, 0.25) is 0 Å². The van der Waals surface area contributed by atoms with Gasteiger partial charge in [0.15, 0.2) is 27.8 Å². The zero-order valence-corrected chi connectivity index (χ0v) is 78.9. The molecule has 1 aliphatic rings. The molecule has 13 rings (SSSR count). The highest BCUT2D eigenvalue weighted by Gasteiger charge is 2.30. The van der Waals surface area contributed by atoms with E-state index in [2.05, 4.69) is 233 Å². The molecule has 0 amide bonds. The van der Waals surface area contributed by atoms with Crippen molar-refractivity contribution >= 4 is 234 Å². The Morgan fingerprint density at radius 2 is 0.864 bits per heavy atom. The second-order valence-corrected chi connectivity index (χ2v) is 32.2. The average molecular weight is 2010 g/mol. The van der Waals surface area contributed by atoms with E-state index in [4.69, 9.17) is 85.3 Å². The summed E-state index contributed by atoms with van der Waals surface area (Å²) in [7, 11) is 0. The van der Waals surface area contributed by atoms with Crippen LogP contribution in [0.3, 0.4) is 0 Å². The van der Waals surface area contributed by atoms with Gasteiger partial charge in [-0.3, -0.25) is 0 Å². The van der Waals surface area contributed by atoms with Crippen molar-refractivity contribution in [3.63, 3.8) is 0 Å². The maximum Gasteiger partial charge on any atom is 0.157 e. The first-order valence-electron chi connectivity index (χ1n) is 37.5. The summed E-state index contributed by atoms with van der Waals surface area (Å²) in [5.41, 5.74) is 18.6. The first-order valence-corrected chi connectivity index (χ1v) is 47.3. The van der Waals surface area contributed by atoms with E-state index in [1.165, 1.54) is 77.0 Å². The summed E-state index contributed by atoms with van der Waals surface area (Å²) in [6, 6.07) is 14.9. The molecule has 0 fully saturated rings. The topological polar surface area (TPSA) is 250 Å². The number of alkyl halides is 2. The van der Waals surface area contributed by atoms with Crippen LogP contribution < -0.4 is 21.3 Å². The van der Waals surface area contributed by atoms with Crippen LogP contribution in [0.5, 0.6) is 0 Å². The summed E-state index contributed by atoms with van der Waals surface area (Å²) >= 11 is 55.5. The van der Waals surface area contributed by atoms with E-state index < -0.39 is 0 Å². The number of aromatic nitrogens is 15. The lowest BCUT2D eigenvalue weighted by Gasteiger charge is -2.36. The number of nitrogens with two attached hydrogens (primary N) is 1. The number of aryl methyl sites for hydroxylation is 5. The van der Waals surface area contributed by atoms with E-state index in [1.807, 2.05) is 77.3 Å². The van der Waals surface area contributed by atoms with Gasteiger partial charge < -0.3 is 45.8 Å². The molecule has 0 radical (unpaired) electrons. The lowest BCUT2D eigenvalue weighted by Crippen LogP contribution is -2.41. The molecule has 0 aliphatic carbocycles. The molecule has 110 heavy (non-hydrogen) atoms. The number of halogens is 12. The summed E-state index contributed by atoms with van der Waals surface area (Å²) in [4.78, 5) is 59.4. The predicted octanol–water partition coefficient (Wildman–Crippen LogP) is 27.5. The van der Waals surface area contributed by atoms with Gasteiger partial charge in [0.25, 0.3) is 0 Å².